The second-order valence-electron chi connectivity index (χ2n) is 7.22. The molecule has 1 aliphatic heterocycles. The summed E-state index contributed by atoms with van der Waals surface area (Å²) in [6.45, 7) is 1.35. The molecule has 1 fully saturated rings. The van der Waals surface area contributed by atoms with E-state index in [0.717, 1.165) is 16.9 Å². The van der Waals surface area contributed by atoms with E-state index in [9.17, 15) is 9.59 Å². The minimum Gasteiger partial charge on any atom is -0.496 e. The van der Waals surface area contributed by atoms with Gasteiger partial charge in [0.25, 0.3) is 0 Å². The monoisotopic (exact) mass is 412 g/mol. The van der Waals surface area contributed by atoms with Crippen molar-refractivity contribution in [1.29, 1.82) is 0 Å². The van der Waals surface area contributed by atoms with Crippen LogP contribution in [0.15, 0.2) is 42.5 Å². The van der Waals surface area contributed by atoms with Gasteiger partial charge in [0.15, 0.2) is 11.5 Å². The molecular weight excluding hydrogens is 384 g/mol. The van der Waals surface area contributed by atoms with E-state index in [1.54, 1.807) is 26.2 Å². The minimum atomic E-state index is -0.336. The van der Waals surface area contributed by atoms with Gasteiger partial charge in [-0.25, -0.2) is 0 Å². The predicted molar refractivity (Wildman–Crippen MR) is 113 cm³/mol. The molecule has 0 saturated carbocycles. The standard InChI is InChI=1S/C23H28N2O5/c1-28-19-7-5-4-6-17(19)14-25-15-18(13-22(25)26)23(27)24-11-10-16-8-9-20(29-2)21(12-16)30-3/h4-9,12,18H,10-11,13-15H2,1-3H3,(H,24,27)/t18-/m1/s1. The van der Waals surface area contributed by atoms with Crippen LogP contribution in [0.2, 0.25) is 0 Å². The number of nitrogens with one attached hydrogen (secondary N) is 1. The molecule has 0 aromatic heterocycles. The maximum Gasteiger partial charge on any atom is 0.225 e. The third-order valence-corrected chi connectivity index (χ3v) is 5.30. The number of hydrogen-bond donors (Lipinski definition) is 1. The van der Waals surface area contributed by atoms with Crippen LogP contribution in [0.3, 0.4) is 0 Å². The Morgan fingerprint density at radius 2 is 1.77 bits per heavy atom. The first-order chi connectivity index (χ1) is 14.5. The number of methoxy groups -OCH3 is 3. The highest BCUT2D eigenvalue weighted by molar-refractivity contribution is 5.89. The second kappa shape index (κ2) is 10.0. The van der Waals surface area contributed by atoms with Crippen molar-refractivity contribution in [3.63, 3.8) is 0 Å². The quantitative estimate of drug-likeness (QED) is 0.685. The molecule has 3 rings (SSSR count). The molecule has 2 aromatic rings. The van der Waals surface area contributed by atoms with Crippen LogP contribution in [0.4, 0.5) is 0 Å². The highest BCUT2D eigenvalue weighted by Crippen LogP contribution is 2.28. The fourth-order valence-electron chi connectivity index (χ4n) is 3.65. The SMILES string of the molecule is COc1ccccc1CN1C[C@H](C(=O)NCCc2ccc(OC)c(OC)c2)CC1=O. The molecule has 2 aromatic carbocycles. The van der Waals surface area contributed by atoms with Crippen LogP contribution in [0.25, 0.3) is 0 Å². The first-order valence-electron chi connectivity index (χ1n) is 9.94. The van der Waals surface area contributed by atoms with Gasteiger partial charge < -0.3 is 24.4 Å². The van der Waals surface area contributed by atoms with E-state index in [-0.39, 0.29) is 24.2 Å². The van der Waals surface area contributed by atoms with E-state index in [2.05, 4.69) is 5.32 Å². The molecule has 0 spiro atoms. The van der Waals surface area contributed by atoms with Crippen LogP contribution in [0.5, 0.6) is 17.2 Å². The normalized spacial score (nSPS) is 15.8. The molecular formula is C23H28N2O5. The summed E-state index contributed by atoms with van der Waals surface area (Å²) < 4.78 is 15.9. The molecule has 7 heteroatoms. The summed E-state index contributed by atoms with van der Waals surface area (Å²) in [5.74, 6) is 1.64. The van der Waals surface area contributed by atoms with Crippen molar-refractivity contribution in [3.05, 3.63) is 53.6 Å². The molecule has 7 nitrogen and oxygen atoms in total. The lowest BCUT2D eigenvalue weighted by atomic mass is 10.1. The molecule has 0 aliphatic carbocycles. The lowest BCUT2D eigenvalue weighted by Gasteiger charge is -2.18. The lowest BCUT2D eigenvalue weighted by Crippen LogP contribution is -2.34. The molecule has 1 saturated heterocycles. The molecule has 1 atom stereocenters. The van der Waals surface area contributed by atoms with Crippen LogP contribution in [0, 0.1) is 5.92 Å². The van der Waals surface area contributed by atoms with Crippen LogP contribution < -0.4 is 19.5 Å². The Labute approximate surface area is 176 Å². The smallest absolute Gasteiger partial charge is 0.225 e. The number of likely N-dealkylation sites (tertiary alicyclic amines) is 1. The van der Waals surface area contributed by atoms with Gasteiger partial charge in [-0.3, -0.25) is 9.59 Å². The van der Waals surface area contributed by atoms with Gasteiger partial charge in [0.2, 0.25) is 11.8 Å². The van der Waals surface area contributed by atoms with E-state index in [1.807, 2.05) is 42.5 Å². The average Bonchev–Trinajstić information content (AvgIpc) is 3.14. The topological polar surface area (TPSA) is 77.1 Å². The number of nitrogens with zero attached hydrogens (tertiary/aromatic N) is 1. The van der Waals surface area contributed by atoms with Gasteiger partial charge in [-0.1, -0.05) is 24.3 Å². The maximum absolute atomic E-state index is 12.6. The van der Waals surface area contributed by atoms with E-state index in [4.69, 9.17) is 14.2 Å². The second-order valence-corrected chi connectivity index (χ2v) is 7.22. The summed E-state index contributed by atoms with van der Waals surface area (Å²) in [6.07, 6.45) is 0.898. The molecule has 30 heavy (non-hydrogen) atoms. The Bertz CT molecular complexity index is 899. The molecule has 0 unspecified atom stereocenters. The van der Waals surface area contributed by atoms with Crippen molar-refractivity contribution in [2.24, 2.45) is 5.92 Å². The van der Waals surface area contributed by atoms with Gasteiger partial charge in [0, 0.05) is 31.6 Å². The third-order valence-electron chi connectivity index (χ3n) is 5.30. The molecule has 160 valence electrons. The van der Waals surface area contributed by atoms with E-state index in [1.165, 1.54) is 0 Å². The summed E-state index contributed by atoms with van der Waals surface area (Å²) in [7, 11) is 4.80. The van der Waals surface area contributed by atoms with Crippen LogP contribution in [0.1, 0.15) is 17.5 Å². The molecule has 0 radical (unpaired) electrons. The number of amides is 2. The van der Waals surface area contributed by atoms with Gasteiger partial charge in [-0.2, -0.15) is 0 Å². The van der Waals surface area contributed by atoms with E-state index < -0.39 is 0 Å². The molecule has 2 amide bonds. The van der Waals surface area contributed by atoms with Crippen molar-refractivity contribution in [2.45, 2.75) is 19.4 Å². The number of rotatable bonds is 9. The summed E-state index contributed by atoms with van der Waals surface area (Å²) in [5.41, 5.74) is 1.97. The number of hydrogen-bond acceptors (Lipinski definition) is 5. The van der Waals surface area contributed by atoms with E-state index in [0.29, 0.717) is 37.6 Å². The number of benzene rings is 2. The number of ether oxygens (including phenoxy) is 3. The first kappa shape index (κ1) is 21.5. The molecule has 1 aliphatic rings. The van der Waals surface area contributed by atoms with Crippen molar-refractivity contribution in [2.75, 3.05) is 34.4 Å². The first-order valence-corrected chi connectivity index (χ1v) is 9.94. The highest BCUT2D eigenvalue weighted by Gasteiger charge is 2.34. The fourth-order valence-corrected chi connectivity index (χ4v) is 3.65. The Morgan fingerprint density at radius 3 is 2.50 bits per heavy atom. The molecule has 1 heterocycles. The van der Waals surface area contributed by atoms with Crippen LogP contribution >= 0.6 is 0 Å². The average molecular weight is 412 g/mol. The minimum absolute atomic E-state index is 0.0130. The van der Waals surface area contributed by atoms with Crippen molar-refractivity contribution < 1.29 is 23.8 Å². The maximum atomic E-state index is 12.6. The number of para-hydroxylation sites is 1. The van der Waals surface area contributed by atoms with Crippen LogP contribution in [-0.4, -0.2) is 51.1 Å². The lowest BCUT2D eigenvalue weighted by molar-refractivity contribution is -0.129. The highest BCUT2D eigenvalue weighted by atomic mass is 16.5. The van der Waals surface area contributed by atoms with Crippen molar-refractivity contribution in [1.82, 2.24) is 10.2 Å². The largest absolute Gasteiger partial charge is 0.496 e. The molecule has 0 bridgehead atoms. The van der Waals surface area contributed by atoms with Crippen molar-refractivity contribution in [3.8, 4) is 17.2 Å². The van der Waals surface area contributed by atoms with Gasteiger partial charge in [0.1, 0.15) is 5.75 Å². The summed E-state index contributed by atoms with van der Waals surface area (Å²) in [5, 5.41) is 2.95. The molecule has 1 N–H and O–H groups in total. The number of carbonyl (C=O) groups excluding carboxylic acids is 2. The van der Waals surface area contributed by atoms with Crippen molar-refractivity contribution >= 4 is 11.8 Å². The Morgan fingerprint density at radius 1 is 1.03 bits per heavy atom. The number of carbonyl (C=O) groups is 2. The van der Waals surface area contributed by atoms with Gasteiger partial charge in [0.05, 0.1) is 27.2 Å². The van der Waals surface area contributed by atoms with E-state index >= 15 is 0 Å². The Balaban J connectivity index is 1.51. The van der Waals surface area contributed by atoms with Gasteiger partial charge in [-0.05, 0) is 30.2 Å². The zero-order valence-corrected chi connectivity index (χ0v) is 17.6. The summed E-state index contributed by atoms with van der Waals surface area (Å²) in [4.78, 5) is 26.7. The van der Waals surface area contributed by atoms with Gasteiger partial charge >= 0.3 is 0 Å². The zero-order chi connectivity index (χ0) is 21.5. The third kappa shape index (κ3) is 5.03. The Hall–Kier alpha value is -3.22. The summed E-state index contributed by atoms with van der Waals surface area (Å²) >= 11 is 0. The zero-order valence-electron chi connectivity index (χ0n) is 17.6. The van der Waals surface area contributed by atoms with Crippen LogP contribution in [-0.2, 0) is 22.6 Å². The van der Waals surface area contributed by atoms with Gasteiger partial charge in [-0.15, -0.1) is 0 Å². The predicted octanol–water partition coefficient (Wildman–Crippen LogP) is 2.42. The summed E-state index contributed by atoms with van der Waals surface area (Å²) in [6, 6.07) is 13.3. The fraction of sp³-hybridized carbons (Fsp3) is 0.391. The Kier molecular flexibility index (Phi) is 7.17.